The van der Waals surface area contributed by atoms with Crippen LogP contribution in [0.1, 0.15) is 33.9 Å². The van der Waals surface area contributed by atoms with Crippen LogP contribution in [0.3, 0.4) is 0 Å². The highest BCUT2D eigenvalue weighted by Crippen LogP contribution is 2.43. The molecule has 0 saturated carbocycles. The molecule has 0 radical (unpaired) electrons. The number of carbonyl (C=O) groups excluding carboxylic acids is 1. The van der Waals surface area contributed by atoms with Gasteiger partial charge in [0.25, 0.3) is 6.23 Å². The molecule has 0 amide bonds. The van der Waals surface area contributed by atoms with Crippen LogP contribution in [0.25, 0.3) is 0 Å². The maximum Gasteiger partial charge on any atom is 0.251 e. The summed E-state index contributed by atoms with van der Waals surface area (Å²) < 4.78 is 11.3. The molecular weight excluding hydrogens is 364 g/mol. The summed E-state index contributed by atoms with van der Waals surface area (Å²) in [4.78, 5) is 13.3. The molecule has 0 aliphatic carbocycles. The van der Waals surface area contributed by atoms with Crippen molar-refractivity contribution in [2.75, 3.05) is 7.11 Å². The SMILES string of the molecule is COc1ccc(C(=O)[C@@H]2Oc3ccccc3[C@@H]3CC(c4ccccc4)=NN23)cc1. The van der Waals surface area contributed by atoms with Gasteiger partial charge in [0.1, 0.15) is 11.5 Å². The van der Waals surface area contributed by atoms with Crippen LogP contribution in [-0.2, 0) is 0 Å². The summed E-state index contributed by atoms with van der Waals surface area (Å²) in [6, 6.07) is 25.0. The van der Waals surface area contributed by atoms with E-state index in [2.05, 4.69) is 0 Å². The molecule has 5 heteroatoms. The Morgan fingerprint density at radius 3 is 2.48 bits per heavy atom. The first-order valence-electron chi connectivity index (χ1n) is 9.59. The molecule has 29 heavy (non-hydrogen) atoms. The number of hydrazone groups is 1. The first kappa shape index (κ1) is 17.5. The van der Waals surface area contributed by atoms with Crippen LogP contribution >= 0.6 is 0 Å². The first-order valence-corrected chi connectivity index (χ1v) is 9.59. The van der Waals surface area contributed by atoms with Gasteiger partial charge in [-0.25, -0.2) is 5.01 Å². The lowest BCUT2D eigenvalue weighted by Gasteiger charge is -2.37. The van der Waals surface area contributed by atoms with E-state index in [1.807, 2.05) is 59.6 Å². The Morgan fingerprint density at radius 1 is 1.00 bits per heavy atom. The zero-order valence-electron chi connectivity index (χ0n) is 16.0. The molecule has 2 aliphatic heterocycles. The van der Waals surface area contributed by atoms with E-state index >= 15 is 0 Å². The van der Waals surface area contributed by atoms with Gasteiger partial charge in [-0.1, -0.05) is 48.5 Å². The van der Waals surface area contributed by atoms with E-state index in [0.717, 1.165) is 29.0 Å². The molecule has 3 aromatic carbocycles. The lowest BCUT2D eigenvalue weighted by atomic mass is 9.96. The van der Waals surface area contributed by atoms with Crippen molar-refractivity contribution in [2.45, 2.75) is 18.7 Å². The van der Waals surface area contributed by atoms with Crippen LogP contribution in [0.2, 0.25) is 0 Å². The van der Waals surface area contributed by atoms with E-state index in [0.29, 0.717) is 11.3 Å². The molecule has 0 bridgehead atoms. The normalized spacial score (nSPS) is 19.6. The van der Waals surface area contributed by atoms with E-state index in [1.54, 1.807) is 31.4 Å². The van der Waals surface area contributed by atoms with E-state index in [-0.39, 0.29) is 11.8 Å². The van der Waals surface area contributed by atoms with Crippen molar-refractivity contribution in [3.05, 3.63) is 95.6 Å². The van der Waals surface area contributed by atoms with E-state index < -0.39 is 6.23 Å². The zero-order chi connectivity index (χ0) is 19.8. The van der Waals surface area contributed by atoms with Crippen LogP contribution in [0.4, 0.5) is 0 Å². The first-order chi connectivity index (χ1) is 14.2. The van der Waals surface area contributed by atoms with Gasteiger partial charge in [-0.05, 0) is 35.9 Å². The summed E-state index contributed by atoms with van der Waals surface area (Å²) in [5.74, 6) is 1.33. The number of hydrogen-bond acceptors (Lipinski definition) is 5. The molecule has 144 valence electrons. The summed E-state index contributed by atoms with van der Waals surface area (Å²) in [7, 11) is 1.60. The molecule has 3 aromatic rings. The third-order valence-electron chi connectivity index (χ3n) is 5.40. The predicted octanol–water partition coefficient (Wildman–Crippen LogP) is 4.45. The van der Waals surface area contributed by atoms with Crippen molar-refractivity contribution in [1.29, 1.82) is 0 Å². The van der Waals surface area contributed by atoms with Crippen molar-refractivity contribution in [3.63, 3.8) is 0 Å². The molecule has 2 atom stereocenters. The number of fused-ring (bicyclic) bond motifs is 3. The summed E-state index contributed by atoms with van der Waals surface area (Å²) in [5, 5.41) is 6.64. The van der Waals surface area contributed by atoms with Crippen LogP contribution < -0.4 is 9.47 Å². The van der Waals surface area contributed by atoms with Gasteiger partial charge in [-0.3, -0.25) is 4.79 Å². The molecule has 0 N–H and O–H groups in total. The molecule has 0 saturated heterocycles. The number of benzene rings is 3. The molecule has 5 nitrogen and oxygen atoms in total. The molecule has 0 unspecified atom stereocenters. The average Bonchev–Trinajstić information content (AvgIpc) is 3.24. The van der Waals surface area contributed by atoms with Crippen molar-refractivity contribution in [2.24, 2.45) is 5.10 Å². The second-order valence-corrected chi connectivity index (χ2v) is 7.11. The fraction of sp³-hybridized carbons (Fsp3) is 0.167. The number of Topliss-reactive ketones (excluding diaryl/α,β-unsaturated/α-hetero) is 1. The van der Waals surface area contributed by atoms with E-state index in [4.69, 9.17) is 14.6 Å². The molecule has 2 aliphatic rings. The second-order valence-electron chi connectivity index (χ2n) is 7.11. The smallest absolute Gasteiger partial charge is 0.251 e. The van der Waals surface area contributed by atoms with Crippen molar-refractivity contribution in [3.8, 4) is 11.5 Å². The Bertz CT molecular complexity index is 1080. The Kier molecular flexibility index (Phi) is 4.28. The van der Waals surface area contributed by atoms with E-state index in [9.17, 15) is 4.79 Å². The Morgan fingerprint density at radius 2 is 1.72 bits per heavy atom. The highest BCUT2D eigenvalue weighted by atomic mass is 16.5. The van der Waals surface area contributed by atoms with Crippen LogP contribution in [-0.4, -0.2) is 29.8 Å². The molecule has 2 heterocycles. The largest absolute Gasteiger partial charge is 0.497 e. The summed E-state index contributed by atoms with van der Waals surface area (Å²) in [5.41, 5.74) is 3.65. The number of carbonyl (C=O) groups is 1. The Balaban J connectivity index is 1.54. The third-order valence-corrected chi connectivity index (χ3v) is 5.40. The fourth-order valence-corrected chi connectivity index (χ4v) is 3.91. The topological polar surface area (TPSA) is 51.1 Å². The summed E-state index contributed by atoms with van der Waals surface area (Å²) in [6.45, 7) is 0. The van der Waals surface area contributed by atoms with Gasteiger partial charge >= 0.3 is 0 Å². The number of hydrogen-bond donors (Lipinski definition) is 0. The van der Waals surface area contributed by atoms with Crippen molar-refractivity contribution < 1.29 is 14.3 Å². The third kappa shape index (κ3) is 3.05. The van der Waals surface area contributed by atoms with Gasteiger partial charge < -0.3 is 9.47 Å². The standard InChI is InChI=1S/C24H20N2O3/c1-28-18-13-11-17(12-14-18)23(27)24-26-21(19-9-5-6-10-22(19)29-24)15-20(25-26)16-7-3-2-4-8-16/h2-14,21,24H,15H2,1H3/t21-,24-/m0/s1. The fourth-order valence-electron chi connectivity index (χ4n) is 3.91. The van der Waals surface area contributed by atoms with Crippen LogP contribution in [0.15, 0.2) is 84.0 Å². The van der Waals surface area contributed by atoms with Gasteiger partial charge in [0.15, 0.2) is 0 Å². The minimum absolute atomic E-state index is 0.0256. The van der Waals surface area contributed by atoms with Gasteiger partial charge in [0.05, 0.1) is 18.9 Å². The van der Waals surface area contributed by atoms with Crippen LogP contribution in [0.5, 0.6) is 11.5 Å². The summed E-state index contributed by atoms with van der Waals surface area (Å²) in [6.07, 6.45) is -0.0685. The number of para-hydroxylation sites is 1. The second kappa shape index (κ2) is 7.09. The maximum absolute atomic E-state index is 13.3. The maximum atomic E-state index is 13.3. The zero-order valence-corrected chi connectivity index (χ0v) is 16.0. The molecule has 0 aromatic heterocycles. The number of ether oxygens (including phenoxy) is 2. The molecule has 0 spiro atoms. The van der Waals surface area contributed by atoms with E-state index in [1.165, 1.54) is 0 Å². The van der Waals surface area contributed by atoms with Gasteiger partial charge in [0, 0.05) is 17.5 Å². The average molecular weight is 384 g/mol. The lowest BCUT2D eigenvalue weighted by Crippen LogP contribution is -2.45. The molecule has 0 fully saturated rings. The Hall–Kier alpha value is -3.60. The number of ketones is 1. The monoisotopic (exact) mass is 384 g/mol. The number of methoxy groups -OCH3 is 1. The van der Waals surface area contributed by atoms with Crippen LogP contribution in [0, 0.1) is 0 Å². The van der Waals surface area contributed by atoms with Gasteiger partial charge in [0.2, 0.25) is 5.78 Å². The van der Waals surface area contributed by atoms with Gasteiger partial charge in [-0.15, -0.1) is 0 Å². The predicted molar refractivity (Wildman–Crippen MR) is 110 cm³/mol. The van der Waals surface area contributed by atoms with Gasteiger partial charge in [-0.2, -0.15) is 5.10 Å². The number of rotatable bonds is 4. The Labute approximate surface area is 169 Å². The highest BCUT2D eigenvalue weighted by molar-refractivity contribution is 6.03. The minimum atomic E-state index is -0.801. The lowest BCUT2D eigenvalue weighted by molar-refractivity contribution is -0.00455. The molecule has 5 rings (SSSR count). The highest BCUT2D eigenvalue weighted by Gasteiger charge is 2.43. The molecular formula is C24H20N2O3. The van der Waals surface area contributed by atoms with Crippen molar-refractivity contribution >= 4 is 11.5 Å². The summed E-state index contributed by atoms with van der Waals surface area (Å²) >= 11 is 0. The quantitative estimate of drug-likeness (QED) is 0.624. The number of nitrogens with zero attached hydrogens (tertiary/aromatic N) is 2. The minimum Gasteiger partial charge on any atom is -0.497 e. The van der Waals surface area contributed by atoms with Crippen molar-refractivity contribution in [1.82, 2.24) is 5.01 Å².